The van der Waals surface area contributed by atoms with Crippen LogP contribution in [0.3, 0.4) is 0 Å². The molecule has 0 aromatic heterocycles. The van der Waals surface area contributed by atoms with Gasteiger partial charge in [0.25, 0.3) is 0 Å². The molecule has 0 aliphatic carbocycles. The van der Waals surface area contributed by atoms with Crippen LogP contribution < -0.4 is 0 Å². The van der Waals surface area contributed by atoms with Gasteiger partial charge >= 0.3 is 5.97 Å². The van der Waals surface area contributed by atoms with Crippen molar-refractivity contribution in [1.29, 1.82) is 0 Å². The van der Waals surface area contributed by atoms with Gasteiger partial charge in [-0.05, 0) is 6.92 Å². The highest BCUT2D eigenvalue weighted by atomic mass is 17.2. The molecule has 0 fully saturated rings. The van der Waals surface area contributed by atoms with Gasteiger partial charge in [0.2, 0.25) is 0 Å². The quantitative estimate of drug-likeness (QED) is 0.334. The summed E-state index contributed by atoms with van der Waals surface area (Å²) in [4.78, 5) is 19.3. The van der Waals surface area contributed by atoms with E-state index in [4.69, 9.17) is 9.47 Å². The fourth-order valence-corrected chi connectivity index (χ4v) is 0.569. The SMILES string of the molecule is COCCOCC(C)OOC(C)=O. The molecule has 78 valence electrons. The van der Waals surface area contributed by atoms with Crippen LogP contribution in [0.2, 0.25) is 0 Å². The van der Waals surface area contributed by atoms with Crippen molar-refractivity contribution in [2.45, 2.75) is 20.0 Å². The summed E-state index contributed by atoms with van der Waals surface area (Å²) in [6, 6.07) is 0. The fourth-order valence-electron chi connectivity index (χ4n) is 0.569. The largest absolute Gasteiger partial charge is 0.382 e. The Kier molecular flexibility index (Phi) is 7.57. The van der Waals surface area contributed by atoms with E-state index in [-0.39, 0.29) is 6.10 Å². The summed E-state index contributed by atoms with van der Waals surface area (Å²) >= 11 is 0. The summed E-state index contributed by atoms with van der Waals surface area (Å²) in [7, 11) is 1.60. The van der Waals surface area contributed by atoms with Gasteiger partial charge < -0.3 is 9.47 Å². The van der Waals surface area contributed by atoms with Crippen molar-refractivity contribution in [1.82, 2.24) is 0 Å². The first-order valence-electron chi connectivity index (χ1n) is 4.07. The second-order valence-corrected chi connectivity index (χ2v) is 2.55. The molecule has 0 rings (SSSR count). The second kappa shape index (κ2) is 7.97. The van der Waals surface area contributed by atoms with Crippen LogP contribution in [0.1, 0.15) is 13.8 Å². The predicted octanol–water partition coefficient (Wildman–Crippen LogP) is 0.533. The summed E-state index contributed by atoms with van der Waals surface area (Å²) in [5.41, 5.74) is 0. The third kappa shape index (κ3) is 9.26. The zero-order valence-electron chi connectivity index (χ0n) is 8.24. The van der Waals surface area contributed by atoms with Gasteiger partial charge in [-0.25, -0.2) is 4.79 Å². The second-order valence-electron chi connectivity index (χ2n) is 2.55. The lowest BCUT2D eigenvalue weighted by Crippen LogP contribution is -2.19. The molecule has 5 nitrogen and oxygen atoms in total. The van der Waals surface area contributed by atoms with Gasteiger partial charge in [0.05, 0.1) is 19.8 Å². The molecule has 0 aromatic rings. The van der Waals surface area contributed by atoms with Gasteiger partial charge in [-0.2, -0.15) is 4.89 Å². The summed E-state index contributed by atoms with van der Waals surface area (Å²) in [5.74, 6) is -0.469. The third-order valence-electron chi connectivity index (χ3n) is 1.11. The minimum atomic E-state index is -0.469. The maximum absolute atomic E-state index is 10.3. The van der Waals surface area contributed by atoms with E-state index in [1.54, 1.807) is 14.0 Å². The van der Waals surface area contributed by atoms with Gasteiger partial charge in [0.15, 0.2) is 0 Å². The molecule has 0 aliphatic rings. The van der Waals surface area contributed by atoms with Crippen molar-refractivity contribution in [2.75, 3.05) is 26.9 Å². The van der Waals surface area contributed by atoms with E-state index >= 15 is 0 Å². The normalized spacial score (nSPS) is 12.5. The molecule has 5 heteroatoms. The molecule has 0 saturated carbocycles. The zero-order chi connectivity index (χ0) is 10.1. The van der Waals surface area contributed by atoms with E-state index in [2.05, 4.69) is 9.78 Å². The van der Waals surface area contributed by atoms with Crippen LogP contribution in [0.25, 0.3) is 0 Å². The zero-order valence-corrected chi connectivity index (χ0v) is 8.24. The Bertz CT molecular complexity index is 136. The highest BCUT2D eigenvalue weighted by molar-refractivity contribution is 5.65. The average Bonchev–Trinajstić information content (AvgIpc) is 2.09. The summed E-state index contributed by atoms with van der Waals surface area (Å²) in [6.45, 7) is 4.44. The number of carbonyl (C=O) groups is 1. The fraction of sp³-hybridized carbons (Fsp3) is 0.875. The Morgan fingerprint density at radius 2 is 2.08 bits per heavy atom. The summed E-state index contributed by atoms with van der Waals surface area (Å²) < 4.78 is 9.90. The van der Waals surface area contributed by atoms with Crippen LogP contribution >= 0.6 is 0 Å². The van der Waals surface area contributed by atoms with Gasteiger partial charge in [-0.3, -0.25) is 4.89 Å². The predicted molar refractivity (Wildman–Crippen MR) is 45.0 cm³/mol. The molecular weight excluding hydrogens is 176 g/mol. The van der Waals surface area contributed by atoms with Crippen LogP contribution in [0, 0.1) is 0 Å². The monoisotopic (exact) mass is 192 g/mol. The maximum Gasteiger partial charge on any atom is 0.339 e. The highest BCUT2D eigenvalue weighted by Crippen LogP contribution is 1.93. The third-order valence-corrected chi connectivity index (χ3v) is 1.11. The Morgan fingerprint density at radius 1 is 1.38 bits per heavy atom. The van der Waals surface area contributed by atoms with Gasteiger partial charge in [-0.15, -0.1) is 0 Å². The standard InChI is InChI=1S/C8H16O5/c1-7(12-13-8(2)9)6-11-5-4-10-3/h7H,4-6H2,1-3H3. The van der Waals surface area contributed by atoms with E-state index in [1.807, 2.05) is 0 Å². The van der Waals surface area contributed by atoms with Crippen molar-refractivity contribution >= 4 is 5.97 Å². The van der Waals surface area contributed by atoms with E-state index in [1.165, 1.54) is 6.92 Å². The van der Waals surface area contributed by atoms with Crippen molar-refractivity contribution in [2.24, 2.45) is 0 Å². The molecule has 0 spiro atoms. The van der Waals surface area contributed by atoms with Crippen LogP contribution in [0.15, 0.2) is 0 Å². The molecule has 0 amide bonds. The minimum absolute atomic E-state index is 0.263. The molecule has 1 unspecified atom stereocenters. The Labute approximate surface area is 77.8 Å². The highest BCUT2D eigenvalue weighted by Gasteiger charge is 2.04. The van der Waals surface area contributed by atoms with Crippen LogP contribution in [-0.2, 0) is 24.0 Å². The van der Waals surface area contributed by atoms with Crippen molar-refractivity contribution in [3.63, 3.8) is 0 Å². The molecule has 0 heterocycles. The first kappa shape index (κ1) is 12.3. The van der Waals surface area contributed by atoms with Crippen molar-refractivity contribution in [3.05, 3.63) is 0 Å². The van der Waals surface area contributed by atoms with E-state index in [0.717, 1.165) is 0 Å². The Hall–Kier alpha value is -0.650. The molecule has 0 aliphatic heterocycles. The van der Waals surface area contributed by atoms with E-state index in [0.29, 0.717) is 19.8 Å². The number of carbonyl (C=O) groups excluding carboxylic acids is 1. The van der Waals surface area contributed by atoms with Crippen LogP contribution in [0.4, 0.5) is 0 Å². The lowest BCUT2D eigenvalue weighted by molar-refractivity contribution is -0.299. The van der Waals surface area contributed by atoms with Crippen LogP contribution in [0.5, 0.6) is 0 Å². The maximum atomic E-state index is 10.3. The molecule has 0 aromatic carbocycles. The number of hydrogen-bond donors (Lipinski definition) is 0. The molecule has 1 atom stereocenters. The Morgan fingerprint density at radius 3 is 2.62 bits per heavy atom. The smallest absolute Gasteiger partial charge is 0.339 e. The van der Waals surface area contributed by atoms with Crippen molar-refractivity contribution < 1.29 is 24.0 Å². The number of ether oxygens (including phenoxy) is 2. The number of rotatable bonds is 7. The van der Waals surface area contributed by atoms with Gasteiger partial charge in [-0.1, -0.05) is 0 Å². The first-order valence-corrected chi connectivity index (χ1v) is 4.07. The summed E-state index contributed by atoms with van der Waals surface area (Å²) in [5, 5.41) is 0. The van der Waals surface area contributed by atoms with E-state index < -0.39 is 5.97 Å². The molecule has 0 radical (unpaired) electrons. The van der Waals surface area contributed by atoms with Gasteiger partial charge in [0, 0.05) is 14.0 Å². The topological polar surface area (TPSA) is 54.0 Å². The molecular formula is C8H16O5. The van der Waals surface area contributed by atoms with E-state index in [9.17, 15) is 4.79 Å². The molecule has 13 heavy (non-hydrogen) atoms. The van der Waals surface area contributed by atoms with Crippen molar-refractivity contribution in [3.8, 4) is 0 Å². The number of methoxy groups -OCH3 is 1. The lowest BCUT2D eigenvalue weighted by Gasteiger charge is -2.10. The molecule has 0 saturated heterocycles. The molecule has 0 N–H and O–H groups in total. The molecule has 0 bridgehead atoms. The Balaban J connectivity index is 3.19. The number of hydrogen-bond acceptors (Lipinski definition) is 5. The minimum Gasteiger partial charge on any atom is -0.382 e. The summed E-state index contributed by atoms with van der Waals surface area (Å²) in [6.07, 6.45) is -0.263. The lowest BCUT2D eigenvalue weighted by atomic mass is 10.4. The average molecular weight is 192 g/mol. The van der Waals surface area contributed by atoms with Crippen LogP contribution in [-0.4, -0.2) is 39.0 Å². The van der Waals surface area contributed by atoms with Gasteiger partial charge in [0.1, 0.15) is 6.10 Å². The first-order chi connectivity index (χ1) is 6.16.